The van der Waals surface area contributed by atoms with Crippen molar-refractivity contribution in [3.8, 4) is 56.0 Å². The van der Waals surface area contributed by atoms with Crippen LogP contribution in [0.1, 0.15) is 0 Å². The van der Waals surface area contributed by atoms with Crippen LogP contribution in [-0.4, -0.2) is 0 Å². The SMILES string of the molecule is c1ccc(-c2ccc3ccc4cc(-c5ccc(-c6ccc7c(c6)-c6cccc8cccc(c68)O7)cc5)cc5ccc2c3c45)cc1. The second-order valence-electron chi connectivity index (χ2n) is 12.1. The summed E-state index contributed by atoms with van der Waals surface area (Å²) in [6.07, 6.45) is 0. The number of benzene rings is 9. The summed E-state index contributed by atoms with van der Waals surface area (Å²) in [7, 11) is 0. The normalized spacial score (nSPS) is 12.2. The maximum Gasteiger partial charge on any atom is 0.135 e. The first-order valence-corrected chi connectivity index (χ1v) is 15.5. The summed E-state index contributed by atoms with van der Waals surface area (Å²) in [6.45, 7) is 0. The third kappa shape index (κ3) is 3.68. The molecular weight excluding hydrogens is 544 g/mol. The highest BCUT2D eigenvalue weighted by Crippen LogP contribution is 2.47. The molecule has 1 heterocycles. The predicted molar refractivity (Wildman–Crippen MR) is 189 cm³/mol. The van der Waals surface area contributed by atoms with E-state index in [1.165, 1.54) is 82.0 Å². The number of hydrogen-bond acceptors (Lipinski definition) is 1. The van der Waals surface area contributed by atoms with Crippen molar-refractivity contribution in [1.82, 2.24) is 0 Å². The first-order chi connectivity index (χ1) is 22.3. The van der Waals surface area contributed by atoms with Crippen LogP contribution in [-0.2, 0) is 0 Å². The highest BCUT2D eigenvalue weighted by atomic mass is 16.5. The number of rotatable bonds is 3. The lowest BCUT2D eigenvalue weighted by Gasteiger charge is -2.22. The van der Waals surface area contributed by atoms with Gasteiger partial charge in [0.15, 0.2) is 0 Å². The lowest BCUT2D eigenvalue weighted by Crippen LogP contribution is -1.97. The van der Waals surface area contributed by atoms with Crippen LogP contribution in [0.15, 0.2) is 158 Å². The molecule has 0 aromatic heterocycles. The van der Waals surface area contributed by atoms with E-state index in [9.17, 15) is 0 Å². The van der Waals surface area contributed by atoms with Gasteiger partial charge in [-0.1, -0.05) is 127 Å². The maximum absolute atomic E-state index is 6.33. The summed E-state index contributed by atoms with van der Waals surface area (Å²) < 4.78 is 6.33. The van der Waals surface area contributed by atoms with Crippen LogP contribution >= 0.6 is 0 Å². The first-order valence-electron chi connectivity index (χ1n) is 15.5. The molecule has 0 atom stereocenters. The topological polar surface area (TPSA) is 9.23 Å². The molecule has 0 radical (unpaired) electrons. The molecule has 1 aliphatic rings. The van der Waals surface area contributed by atoms with Crippen molar-refractivity contribution >= 4 is 43.1 Å². The van der Waals surface area contributed by atoms with E-state index in [4.69, 9.17) is 4.74 Å². The van der Waals surface area contributed by atoms with Crippen molar-refractivity contribution in [2.75, 3.05) is 0 Å². The maximum atomic E-state index is 6.33. The van der Waals surface area contributed by atoms with Crippen molar-refractivity contribution in [1.29, 1.82) is 0 Å². The van der Waals surface area contributed by atoms with E-state index in [-0.39, 0.29) is 0 Å². The van der Waals surface area contributed by atoms with Gasteiger partial charge in [-0.05, 0) is 107 Å². The summed E-state index contributed by atoms with van der Waals surface area (Å²) >= 11 is 0. The molecule has 0 amide bonds. The van der Waals surface area contributed by atoms with Crippen molar-refractivity contribution < 1.29 is 4.74 Å². The van der Waals surface area contributed by atoms with E-state index >= 15 is 0 Å². The lowest BCUT2D eigenvalue weighted by atomic mass is 9.88. The Morgan fingerprint density at radius 1 is 0.289 bits per heavy atom. The Balaban J connectivity index is 1.05. The summed E-state index contributed by atoms with van der Waals surface area (Å²) in [5, 5.41) is 10.2. The van der Waals surface area contributed by atoms with Gasteiger partial charge in [-0.3, -0.25) is 0 Å². The molecule has 208 valence electrons. The Bertz CT molecular complexity index is 2570. The van der Waals surface area contributed by atoms with Crippen molar-refractivity contribution in [2.24, 2.45) is 0 Å². The monoisotopic (exact) mass is 570 g/mol. The Labute approximate surface area is 260 Å². The molecule has 0 saturated heterocycles. The fraction of sp³-hybridized carbons (Fsp3) is 0. The number of ether oxygens (including phenoxy) is 1. The highest BCUT2D eigenvalue weighted by Gasteiger charge is 2.20. The summed E-state index contributed by atoms with van der Waals surface area (Å²) in [4.78, 5) is 0. The van der Waals surface area contributed by atoms with E-state index in [2.05, 4.69) is 158 Å². The highest BCUT2D eigenvalue weighted by molar-refractivity contribution is 6.26. The van der Waals surface area contributed by atoms with Crippen LogP contribution in [0.2, 0.25) is 0 Å². The van der Waals surface area contributed by atoms with Crippen LogP contribution in [0.4, 0.5) is 0 Å². The molecule has 9 aromatic rings. The molecule has 1 aliphatic heterocycles. The molecule has 0 bridgehead atoms. The van der Waals surface area contributed by atoms with Gasteiger partial charge in [-0.2, -0.15) is 0 Å². The summed E-state index contributed by atoms with van der Waals surface area (Å²) in [6, 6.07) is 57.4. The molecule has 45 heavy (non-hydrogen) atoms. The van der Waals surface area contributed by atoms with Gasteiger partial charge in [0.05, 0.1) is 0 Å². The molecule has 10 rings (SSSR count). The van der Waals surface area contributed by atoms with Crippen LogP contribution < -0.4 is 4.74 Å². The molecule has 0 unspecified atom stereocenters. The quantitative estimate of drug-likeness (QED) is 0.192. The fourth-order valence-corrected chi connectivity index (χ4v) is 7.45. The minimum Gasteiger partial charge on any atom is -0.456 e. The van der Waals surface area contributed by atoms with Crippen molar-refractivity contribution in [3.63, 3.8) is 0 Å². The second kappa shape index (κ2) is 9.29. The predicted octanol–water partition coefficient (Wildman–Crippen LogP) is 12.5. The number of hydrogen-bond donors (Lipinski definition) is 0. The van der Waals surface area contributed by atoms with Gasteiger partial charge in [0.2, 0.25) is 0 Å². The second-order valence-corrected chi connectivity index (χ2v) is 12.1. The molecule has 1 heteroatoms. The van der Waals surface area contributed by atoms with Crippen LogP contribution in [0.5, 0.6) is 11.5 Å². The van der Waals surface area contributed by atoms with E-state index in [1.54, 1.807) is 0 Å². The smallest absolute Gasteiger partial charge is 0.135 e. The molecule has 0 saturated carbocycles. The fourth-order valence-electron chi connectivity index (χ4n) is 7.45. The van der Waals surface area contributed by atoms with Crippen LogP contribution in [0.3, 0.4) is 0 Å². The third-order valence-corrected chi connectivity index (χ3v) is 9.59. The van der Waals surface area contributed by atoms with Gasteiger partial charge in [0.25, 0.3) is 0 Å². The summed E-state index contributed by atoms with van der Waals surface area (Å²) in [5.74, 6) is 1.84. The Morgan fingerprint density at radius 2 is 0.956 bits per heavy atom. The third-order valence-electron chi connectivity index (χ3n) is 9.59. The zero-order chi connectivity index (χ0) is 29.5. The molecule has 0 N–H and O–H groups in total. The zero-order valence-electron chi connectivity index (χ0n) is 24.4. The van der Waals surface area contributed by atoms with E-state index < -0.39 is 0 Å². The van der Waals surface area contributed by atoms with Gasteiger partial charge in [-0.15, -0.1) is 0 Å². The Hall–Kier alpha value is -5.92. The Kier molecular flexibility index (Phi) is 5.06. The lowest BCUT2D eigenvalue weighted by molar-refractivity contribution is 0.487. The van der Waals surface area contributed by atoms with Gasteiger partial charge < -0.3 is 4.74 Å². The van der Waals surface area contributed by atoms with E-state index in [0.717, 1.165) is 17.1 Å². The molecule has 9 aromatic carbocycles. The van der Waals surface area contributed by atoms with Gasteiger partial charge in [0.1, 0.15) is 11.5 Å². The summed E-state index contributed by atoms with van der Waals surface area (Å²) in [5.41, 5.74) is 9.74. The van der Waals surface area contributed by atoms with Crippen LogP contribution in [0, 0.1) is 0 Å². The van der Waals surface area contributed by atoms with E-state index in [0.29, 0.717) is 0 Å². The minimum absolute atomic E-state index is 0.909. The minimum atomic E-state index is 0.909. The van der Waals surface area contributed by atoms with Crippen molar-refractivity contribution in [2.45, 2.75) is 0 Å². The number of fused-ring (bicyclic) bond motifs is 2. The zero-order valence-corrected chi connectivity index (χ0v) is 24.4. The molecular formula is C44H26O. The molecule has 1 nitrogen and oxygen atoms in total. The first kappa shape index (κ1) is 24.5. The van der Waals surface area contributed by atoms with E-state index in [1.807, 2.05) is 0 Å². The molecule has 0 aliphatic carbocycles. The molecule has 0 spiro atoms. The standard InChI is InChI=1S/C44H26O/c1-2-6-29(7-3-1)36-21-18-31-16-17-33-24-35(25-34-19-22-38(36)44(31)42(33)34)28-14-12-27(13-15-28)32-20-23-40-39(26-32)37-10-4-8-30-9-5-11-41(45-40)43(30)37/h1-26H. The average Bonchev–Trinajstić information content (AvgIpc) is 3.11. The van der Waals surface area contributed by atoms with Gasteiger partial charge >= 0.3 is 0 Å². The Morgan fingerprint density at radius 3 is 1.78 bits per heavy atom. The van der Waals surface area contributed by atoms with Gasteiger partial charge in [-0.25, -0.2) is 0 Å². The molecule has 0 fully saturated rings. The van der Waals surface area contributed by atoms with Crippen molar-refractivity contribution in [3.05, 3.63) is 158 Å². The van der Waals surface area contributed by atoms with Crippen LogP contribution in [0.25, 0.3) is 87.6 Å². The average molecular weight is 571 g/mol. The van der Waals surface area contributed by atoms with Gasteiger partial charge in [0, 0.05) is 10.9 Å². The largest absolute Gasteiger partial charge is 0.456 e.